The van der Waals surface area contributed by atoms with Gasteiger partial charge in [0.15, 0.2) is 11.9 Å². The van der Waals surface area contributed by atoms with E-state index < -0.39 is 12.2 Å². The Balaban J connectivity index is 2.28. The lowest BCUT2D eigenvalue weighted by Crippen LogP contribution is -2.33. The topological polar surface area (TPSA) is 91.6 Å². The van der Waals surface area contributed by atoms with Gasteiger partial charge in [-0.2, -0.15) is 0 Å². The molecule has 0 saturated carbocycles. The fraction of sp³-hybridized carbons (Fsp3) is 0.316. The fourth-order valence-electron chi connectivity index (χ4n) is 2.92. The lowest BCUT2D eigenvalue weighted by molar-refractivity contribution is 0.0718. The summed E-state index contributed by atoms with van der Waals surface area (Å²) >= 11 is 0. The molecule has 0 bridgehead atoms. The first-order valence-corrected chi connectivity index (χ1v) is 8.38. The molecule has 0 saturated heterocycles. The molecule has 1 aromatic carbocycles. The zero-order chi connectivity index (χ0) is 18.9. The molecule has 26 heavy (non-hydrogen) atoms. The van der Waals surface area contributed by atoms with Crippen LogP contribution in [0.15, 0.2) is 53.5 Å². The fourth-order valence-corrected chi connectivity index (χ4v) is 2.92. The second-order valence-electron chi connectivity index (χ2n) is 7.35. The van der Waals surface area contributed by atoms with Crippen molar-refractivity contribution in [3.05, 3.63) is 65.0 Å². The Morgan fingerprint density at radius 3 is 2.50 bits per heavy atom. The van der Waals surface area contributed by atoms with E-state index in [0.717, 1.165) is 0 Å². The van der Waals surface area contributed by atoms with Gasteiger partial charge in [-0.3, -0.25) is 4.40 Å². The van der Waals surface area contributed by atoms with Crippen LogP contribution in [0.3, 0.4) is 0 Å². The average Bonchev–Trinajstić information content (AvgIpc) is 3.02. The molecule has 1 amide bonds. The Kier molecular flexibility index (Phi) is 4.54. The summed E-state index contributed by atoms with van der Waals surface area (Å²) < 4.78 is 8.28. The van der Waals surface area contributed by atoms with Crippen LogP contribution in [0.25, 0.3) is 11.3 Å². The van der Waals surface area contributed by atoms with Gasteiger partial charge in [0, 0.05) is 6.20 Å². The number of nitrogens with two attached hydrogens (primary N) is 1. The minimum Gasteiger partial charge on any atom is -0.438 e. The molecule has 2 heterocycles. The van der Waals surface area contributed by atoms with E-state index in [2.05, 4.69) is 4.98 Å². The van der Waals surface area contributed by atoms with Gasteiger partial charge >= 0.3 is 11.8 Å². The molecular weight excluding hydrogens is 332 g/mol. The Bertz CT molecular complexity index is 983. The molecule has 0 fully saturated rings. The molecule has 136 valence electrons. The van der Waals surface area contributed by atoms with Crippen LogP contribution in [0.5, 0.6) is 0 Å². The summed E-state index contributed by atoms with van der Waals surface area (Å²) in [6.07, 6.45) is 0.469. The van der Waals surface area contributed by atoms with Crippen molar-refractivity contribution < 1.29 is 9.53 Å². The third-order valence-corrected chi connectivity index (χ3v) is 3.94. The molecule has 7 heteroatoms. The quantitative estimate of drug-likeness (QED) is 0.779. The minimum atomic E-state index is -0.900. The molecule has 0 spiro atoms. The highest BCUT2D eigenvalue weighted by Crippen LogP contribution is 2.32. The number of fused-ring (bicyclic) bond motifs is 1. The lowest BCUT2D eigenvalue weighted by Gasteiger charge is -2.26. The molecule has 7 nitrogen and oxygen atoms in total. The highest BCUT2D eigenvalue weighted by atomic mass is 16.6. The third-order valence-electron chi connectivity index (χ3n) is 3.94. The standard InChI is InChI=1S/C19H22N4O3/c1-19(2,3)12-14(26-17(20)24)16-21-15-10-7-11-22(15)18(25)23(16)13-8-5-4-6-9-13/h4-11,14H,12H2,1-3H3,(H2,20,24)/t14-/m0/s1. The molecule has 0 aliphatic heterocycles. The van der Waals surface area contributed by atoms with Gasteiger partial charge in [0.25, 0.3) is 0 Å². The second kappa shape index (κ2) is 6.67. The molecule has 0 radical (unpaired) electrons. The first kappa shape index (κ1) is 17.7. The largest absolute Gasteiger partial charge is 0.438 e. The average molecular weight is 354 g/mol. The van der Waals surface area contributed by atoms with E-state index in [1.807, 2.05) is 39.0 Å². The van der Waals surface area contributed by atoms with Crippen molar-refractivity contribution in [2.24, 2.45) is 11.1 Å². The lowest BCUT2D eigenvalue weighted by atomic mass is 9.89. The zero-order valence-corrected chi connectivity index (χ0v) is 15.0. The maximum atomic E-state index is 13.1. The van der Waals surface area contributed by atoms with Crippen molar-refractivity contribution in [3.8, 4) is 5.69 Å². The summed E-state index contributed by atoms with van der Waals surface area (Å²) in [5.41, 5.74) is 5.96. The van der Waals surface area contributed by atoms with E-state index >= 15 is 0 Å². The van der Waals surface area contributed by atoms with Crippen molar-refractivity contribution in [3.63, 3.8) is 0 Å². The molecule has 0 aliphatic rings. The van der Waals surface area contributed by atoms with Crippen LogP contribution in [0.4, 0.5) is 4.79 Å². The number of hydrogen-bond donors (Lipinski definition) is 1. The van der Waals surface area contributed by atoms with Crippen LogP contribution in [-0.4, -0.2) is 20.0 Å². The van der Waals surface area contributed by atoms with Gasteiger partial charge in [0.2, 0.25) is 0 Å². The number of ether oxygens (including phenoxy) is 1. The summed E-state index contributed by atoms with van der Waals surface area (Å²) in [6.45, 7) is 6.06. The smallest absolute Gasteiger partial charge is 0.405 e. The van der Waals surface area contributed by atoms with Gasteiger partial charge < -0.3 is 10.5 Å². The Labute approximate surface area is 151 Å². The van der Waals surface area contributed by atoms with E-state index in [4.69, 9.17) is 10.5 Å². The number of carbonyl (C=O) groups excluding carboxylic acids is 1. The highest BCUT2D eigenvalue weighted by molar-refractivity contribution is 5.65. The molecule has 0 aliphatic carbocycles. The van der Waals surface area contributed by atoms with E-state index in [9.17, 15) is 9.59 Å². The summed E-state index contributed by atoms with van der Waals surface area (Å²) in [5, 5.41) is 0. The van der Waals surface area contributed by atoms with Gasteiger partial charge in [-0.25, -0.2) is 19.1 Å². The monoisotopic (exact) mass is 354 g/mol. The predicted octanol–water partition coefficient (Wildman–Crippen LogP) is 3.06. The van der Waals surface area contributed by atoms with Crippen molar-refractivity contribution in [2.45, 2.75) is 33.3 Å². The van der Waals surface area contributed by atoms with Gasteiger partial charge in [-0.05, 0) is 36.1 Å². The normalized spacial score (nSPS) is 12.9. The highest BCUT2D eigenvalue weighted by Gasteiger charge is 2.28. The van der Waals surface area contributed by atoms with E-state index in [1.54, 1.807) is 30.5 Å². The Hall–Kier alpha value is -3.09. The SMILES string of the molecule is CC(C)(C)C[C@H](OC(N)=O)c1nc2cccn2c(=O)n1-c1ccccc1. The van der Waals surface area contributed by atoms with E-state index in [-0.39, 0.29) is 11.1 Å². The number of primary amides is 1. The van der Waals surface area contributed by atoms with Crippen LogP contribution >= 0.6 is 0 Å². The first-order chi connectivity index (χ1) is 12.3. The number of benzene rings is 1. The molecule has 2 N–H and O–H groups in total. The van der Waals surface area contributed by atoms with Crippen LogP contribution in [0.2, 0.25) is 0 Å². The maximum Gasteiger partial charge on any atom is 0.405 e. The number of rotatable bonds is 4. The number of aromatic nitrogens is 3. The zero-order valence-electron chi connectivity index (χ0n) is 15.0. The van der Waals surface area contributed by atoms with Crippen LogP contribution in [0, 0.1) is 5.41 Å². The van der Waals surface area contributed by atoms with Gasteiger partial charge in [-0.15, -0.1) is 0 Å². The van der Waals surface area contributed by atoms with E-state index in [1.165, 1.54) is 8.97 Å². The molecule has 1 atom stereocenters. The summed E-state index contributed by atoms with van der Waals surface area (Å²) in [4.78, 5) is 29.2. The molecule has 2 aromatic heterocycles. The number of carbonyl (C=O) groups is 1. The Morgan fingerprint density at radius 1 is 1.19 bits per heavy atom. The van der Waals surface area contributed by atoms with E-state index in [0.29, 0.717) is 23.6 Å². The van der Waals surface area contributed by atoms with Crippen molar-refractivity contribution in [1.82, 2.24) is 14.0 Å². The maximum absolute atomic E-state index is 13.1. The predicted molar refractivity (Wildman–Crippen MR) is 98.3 cm³/mol. The van der Waals surface area contributed by atoms with Crippen molar-refractivity contribution >= 4 is 11.7 Å². The third kappa shape index (κ3) is 3.61. The van der Waals surface area contributed by atoms with Crippen LogP contribution in [-0.2, 0) is 4.74 Å². The Morgan fingerprint density at radius 2 is 1.88 bits per heavy atom. The van der Waals surface area contributed by atoms with Gasteiger partial charge in [-0.1, -0.05) is 39.0 Å². The molecule has 3 rings (SSSR count). The minimum absolute atomic E-state index is 0.173. The number of amides is 1. The summed E-state index contributed by atoms with van der Waals surface area (Å²) in [6, 6.07) is 12.6. The van der Waals surface area contributed by atoms with Gasteiger partial charge in [0.1, 0.15) is 5.65 Å². The number of nitrogens with zero attached hydrogens (tertiary/aromatic N) is 3. The van der Waals surface area contributed by atoms with Crippen LogP contribution < -0.4 is 11.4 Å². The summed E-state index contributed by atoms with van der Waals surface area (Å²) in [5.74, 6) is 0.348. The van der Waals surface area contributed by atoms with Crippen molar-refractivity contribution in [1.29, 1.82) is 0 Å². The number of hydrogen-bond acceptors (Lipinski definition) is 4. The molecular formula is C19H22N4O3. The van der Waals surface area contributed by atoms with Crippen molar-refractivity contribution in [2.75, 3.05) is 0 Å². The van der Waals surface area contributed by atoms with Gasteiger partial charge in [0.05, 0.1) is 5.69 Å². The number of para-hydroxylation sites is 1. The molecule has 3 aromatic rings. The second-order valence-corrected chi connectivity index (χ2v) is 7.35. The summed E-state index contributed by atoms with van der Waals surface area (Å²) in [7, 11) is 0. The van der Waals surface area contributed by atoms with Crippen LogP contribution in [0.1, 0.15) is 39.1 Å². The molecule has 0 unspecified atom stereocenters. The first-order valence-electron chi connectivity index (χ1n) is 8.38.